The zero-order valence-electron chi connectivity index (χ0n) is 10.6. The van der Waals surface area contributed by atoms with E-state index < -0.39 is 34.5 Å². The number of aliphatic hydroxyl groups is 1. The Bertz CT molecular complexity index is 416. The van der Waals surface area contributed by atoms with Gasteiger partial charge in [-0.3, -0.25) is 0 Å². The second-order valence-electron chi connectivity index (χ2n) is 6.43. The lowest BCUT2D eigenvalue weighted by atomic mass is 9.52. The summed E-state index contributed by atoms with van der Waals surface area (Å²) in [7, 11) is 0. The van der Waals surface area contributed by atoms with Gasteiger partial charge in [-0.1, -0.05) is 0 Å². The summed E-state index contributed by atoms with van der Waals surface area (Å²) in [6.07, 6.45) is 3.48. The van der Waals surface area contributed by atoms with E-state index >= 15 is 0 Å². The van der Waals surface area contributed by atoms with E-state index in [-0.39, 0.29) is 18.3 Å². The van der Waals surface area contributed by atoms with E-state index in [4.69, 9.17) is 4.74 Å². The Morgan fingerprint density at radius 3 is 2.40 bits per heavy atom. The van der Waals surface area contributed by atoms with Crippen molar-refractivity contribution in [3.63, 3.8) is 0 Å². The van der Waals surface area contributed by atoms with Crippen molar-refractivity contribution < 1.29 is 33.0 Å². The maximum absolute atomic E-state index is 13.3. The maximum Gasteiger partial charge on any atom is 0.412 e. The maximum atomic E-state index is 13.3. The third-order valence-corrected chi connectivity index (χ3v) is 5.11. The van der Waals surface area contributed by atoms with Gasteiger partial charge in [0, 0.05) is 6.42 Å². The fourth-order valence-electron chi connectivity index (χ4n) is 4.58. The summed E-state index contributed by atoms with van der Waals surface area (Å²) in [6, 6.07) is 0. The molecule has 4 saturated carbocycles. The quantitative estimate of drug-likeness (QED) is 0.363. The molecule has 0 aromatic heterocycles. The molecule has 0 radical (unpaired) electrons. The highest BCUT2D eigenvalue weighted by Gasteiger charge is 2.60. The molecule has 0 spiro atoms. The number of alkyl halides is 2. The minimum absolute atomic E-state index is 0.206. The zero-order valence-corrected chi connectivity index (χ0v) is 11.5. The molecule has 20 heavy (non-hydrogen) atoms. The normalized spacial score (nSPS) is 42.8. The summed E-state index contributed by atoms with van der Waals surface area (Å²) in [4.78, 5) is 11.6. The first-order valence-electron chi connectivity index (χ1n) is 6.57. The minimum Gasteiger partial charge on any atom is -0.710 e. The number of ether oxygens (including phenoxy) is 1. The van der Waals surface area contributed by atoms with Crippen molar-refractivity contribution >= 4 is 18.0 Å². The molecule has 4 rings (SSSR count). The summed E-state index contributed by atoms with van der Waals surface area (Å²) in [5, 5.41) is 16.2. The second kappa shape index (κ2) is 4.53. The van der Waals surface area contributed by atoms with Crippen molar-refractivity contribution in [2.45, 2.75) is 55.0 Å². The van der Waals surface area contributed by atoms with Gasteiger partial charge in [-0.25, -0.2) is 4.79 Å². The first kappa shape index (κ1) is 14.5. The van der Waals surface area contributed by atoms with E-state index in [2.05, 4.69) is 4.33 Å². The van der Waals surface area contributed by atoms with Crippen LogP contribution in [0.4, 0.5) is 8.78 Å². The van der Waals surface area contributed by atoms with Crippen LogP contribution >= 0.6 is 12.0 Å². The van der Waals surface area contributed by atoms with Crippen molar-refractivity contribution in [1.29, 1.82) is 0 Å². The SMILES string of the molecule is O=C(OC12CC3CC(CC(O)(C3)C1)C2)C(F)(F)SO[O-]. The van der Waals surface area contributed by atoms with Gasteiger partial charge in [0.25, 0.3) is 0 Å². The molecule has 2 unspecified atom stereocenters. The van der Waals surface area contributed by atoms with E-state index in [0.717, 1.165) is 6.42 Å². The fourth-order valence-corrected chi connectivity index (χ4v) is 4.78. The van der Waals surface area contributed by atoms with Crippen LogP contribution in [-0.4, -0.2) is 27.5 Å². The second-order valence-corrected chi connectivity index (χ2v) is 7.24. The molecule has 4 aliphatic rings. The van der Waals surface area contributed by atoms with Crippen molar-refractivity contribution in [3.8, 4) is 0 Å². The smallest absolute Gasteiger partial charge is 0.412 e. The summed E-state index contributed by atoms with van der Waals surface area (Å²) >= 11 is -0.757. The van der Waals surface area contributed by atoms with Crippen molar-refractivity contribution in [2.75, 3.05) is 0 Å². The lowest BCUT2D eigenvalue weighted by Crippen LogP contribution is -2.61. The van der Waals surface area contributed by atoms with E-state index in [1.165, 1.54) is 0 Å². The summed E-state index contributed by atoms with van der Waals surface area (Å²) < 4.78 is 34.7. The van der Waals surface area contributed by atoms with Gasteiger partial charge in [0.05, 0.1) is 17.6 Å². The molecule has 0 saturated heterocycles. The van der Waals surface area contributed by atoms with E-state index in [0.29, 0.717) is 25.7 Å². The Kier molecular flexibility index (Phi) is 3.28. The largest absolute Gasteiger partial charge is 0.710 e. The number of halogens is 2. The molecule has 0 aromatic carbocycles. The van der Waals surface area contributed by atoms with Gasteiger partial charge >= 0.3 is 11.2 Å². The number of carbonyl (C=O) groups is 1. The lowest BCUT2D eigenvalue weighted by Gasteiger charge is -2.59. The van der Waals surface area contributed by atoms with Crippen LogP contribution in [0.15, 0.2) is 0 Å². The minimum atomic E-state index is -4.02. The van der Waals surface area contributed by atoms with E-state index in [9.17, 15) is 23.9 Å². The Hall–Kier alpha value is -0.440. The van der Waals surface area contributed by atoms with Gasteiger partial charge in [-0.15, -0.1) is 0 Å². The third kappa shape index (κ3) is 2.43. The molecule has 1 N–H and O–H groups in total. The molecular formula is C12H15F2O5S-. The first-order chi connectivity index (χ1) is 9.26. The molecule has 0 aliphatic heterocycles. The first-order valence-corrected chi connectivity index (χ1v) is 7.31. The van der Waals surface area contributed by atoms with E-state index in [1.54, 1.807) is 0 Å². The number of carbonyl (C=O) groups excluding carboxylic acids is 1. The number of rotatable bonds is 4. The van der Waals surface area contributed by atoms with Crippen LogP contribution in [0.2, 0.25) is 0 Å². The zero-order chi connectivity index (χ0) is 14.6. The number of hydrogen-bond acceptors (Lipinski definition) is 6. The average Bonchev–Trinajstić information content (AvgIpc) is 2.24. The Morgan fingerprint density at radius 2 is 1.90 bits per heavy atom. The number of hydrogen-bond donors (Lipinski definition) is 1. The van der Waals surface area contributed by atoms with Crippen molar-refractivity contribution in [3.05, 3.63) is 0 Å². The fraction of sp³-hybridized carbons (Fsp3) is 0.917. The topological polar surface area (TPSA) is 78.8 Å². The van der Waals surface area contributed by atoms with Crippen molar-refractivity contribution in [1.82, 2.24) is 0 Å². The highest BCUT2D eigenvalue weighted by atomic mass is 32.2. The van der Waals surface area contributed by atoms with Crippen LogP contribution in [-0.2, 0) is 13.9 Å². The highest BCUT2D eigenvalue weighted by Crippen LogP contribution is 2.59. The van der Waals surface area contributed by atoms with Gasteiger partial charge in [-0.05, 0) is 43.9 Å². The van der Waals surface area contributed by atoms with Crippen LogP contribution in [0, 0.1) is 11.8 Å². The van der Waals surface area contributed by atoms with Gasteiger partial charge < -0.3 is 19.4 Å². The summed E-state index contributed by atoms with van der Waals surface area (Å²) in [5.74, 6) is -1.33. The average molecular weight is 309 g/mol. The monoisotopic (exact) mass is 309 g/mol. The summed E-state index contributed by atoms with van der Waals surface area (Å²) in [6.45, 7) is 0. The lowest BCUT2D eigenvalue weighted by molar-refractivity contribution is -0.630. The molecule has 0 aromatic rings. The van der Waals surface area contributed by atoms with Crippen LogP contribution in [0.25, 0.3) is 0 Å². The van der Waals surface area contributed by atoms with Crippen LogP contribution in [0.1, 0.15) is 38.5 Å². The molecule has 114 valence electrons. The Morgan fingerprint density at radius 1 is 1.30 bits per heavy atom. The highest BCUT2D eigenvalue weighted by molar-refractivity contribution is 7.96. The van der Waals surface area contributed by atoms with Gasteiger partial charge in [0.1, 0.15) is 5.60 Å². The molecule has 0 amide bonds. The Balaban J connectivity index is 1.75. The molecule has 8 heteroatoms. The molecule has 4 aliphatic carbocycles. The molecular weight excluding hydrogens is 294 g/mol. The number of esters is 1. The molecule has 2 atom stereocenters. The molecule has 0 heterocycles. The Labute approximate surface area is 118 Å². The van der Waals surface area contributed by atoms with Crippen LogP contribution < -0.4 is 5.26 Å². The summed E-state index contributed by atoms with van der Waals surface area (Å²) in [5.41, 5.74) is -1.91. The van der Waals surface area contributed by atoms with E-state index in [1.807, 2.05) is 0 Å². The molecule has 5 nitrogen and oxygen atoms in total. The van der Waals surface area contributed by atoms with Crippen LogP contribution in [0.5, 0.6) is 0 Å². The van der Waals surface area contributed by atoms with Gasteiger partial charge in [-0.2, -0.15) is 8.78 Å². The van der Waals surface area contributed by atoms with Crippen molar-refractivity contribution in [2.24, 2.45) is 11.8 Å². The predicted molar refractivity (Wildman–Crippen MR) is 62.1 cm³/mol. The molecule has 4 fully saturated rings. The van der Waals surface area contributed by atoms with Gasteiger partial charge in [0.15, 0.2) is 0 Å². The van der Waals surface area contributed by atoms with Gasteiger partial charge in [0.2, 0.25) is 0 Å². The standard InChI is InChI=1S/C12H16F2O5S/c13-12(14,20-19-17)9(15)18-11-4-7-1-8(5-11)3-10(16,2-7)6-11/h7-8,16-17H,1-6H2/p-1. The van der Waals surface area contributed by atoms with Crippen LogP contribution in [0.3, 0.4) is 0 Å². The predicted octanol–water partition coefficient (Wildman–Crippen LogP) is 1.15. The molecule has 4 bridgehead atoms. The third-order valence-electron chi connectivity index (χ3n) is 4.66.